The maximum Gasteiger partial charge on any atom is 0.0701 e. The van der Waals surface area contributed by atoms with Gasteiger partial charge < -0.3 is 24.4 Å². The molecule has 0 fully saturated rings. The highest BCUT2D eigenvalue weighted by Gasteiger charge is 2.25. The fourth-order valence-corrected chi connectivity index (χ4v) is 1.36. The summed E-state index contributed by atoms with van der Waals surface area (Å²) in [6, 6.07) is 0. The highest BCUT2D eigenvalue weighted by atomic mass is 16.5. The van der Waals surface area contributed by atoms with Gasteiger partial charge in [0.05, 0.1) is 39.6 Å². The van der Waals surface area contributed by atoms with Gasteiger partial charge in [0.2, 0.25) is 0 Å². The van der Waals surface area contributed by atoms with Crippen LogP contribution in [0.1, 0.15) is 19.8 Å². The lowest BCUT2D eigenvalue weighted by Crippen LogP contribution is -2.30. The Bertz CT molecular complexity index is 151. The molecule has 0 rings (SSSR count). The first-order chi connectivity index (χ1) is 8.24. The van der Waals surface area contributed by atoms with Gasteiger partial charge in [0.1, 0.15) is 0 Å². The molecule has 17 heavy (non-hydrogen) atoms. The smallest absolute Gasteiger partial charge is 0.0701 e. The van der Waals surface area contributed by atoms with Crippen molar-refractivity contribution in [2.45, 2.75) is 19.8 Å². The van der Waals surface area contributed by atoms with E-state index in [1.165, 1.54) is 0 Å². The predicted molar refractivity (Wildman–Crippen MR) is 65.0 cm³/mol. The van der Waals surface area contributed by atoms with Crippen LogP contribution < -0.4 is 0 Å². The minimum absolute atomic E-state index is 0.00625. The molecule has 0 aromatic carbocycles. The monoisotopic (exact) mass is 250 g/mol. The van der Waals surface area contributed by atoms with Gasteiger partial charge in [-0.25, -0.2) is 0 Å². The molecule has 0 radical (unpaired) electrons. The Morgan fingerprint density at radius 3 is 1.88 bits per heavy atom. The van der Waals surface area contributed by atoms with E-state index in [1.54, 1.807) is 7.11 Å². The van der Waals surface area contributed by atoms with Crippen molar-refractivity contribution in [3.63, 3.8) is 0 Å². The van der Waals surface area contributed by atoms with Crippen molar-refractivity contribution >= 4 is 0 Å². The molecule has 0 heterocycles. The van der Waals surface area contributed by atoms with Crippen molar-refractivity contribution in [2.75, 3.05) is 53.4 Å². The van der Waals surface area contributed by atoms with E-state index in [-0.39, 0.29) is 13.2 Å². The molecule has 2 N–H and O–H groups in total. The standard InChI is InChI=1S/C12H26O5/c1-3-12(10-13,11-14)4-5-16-8-9-17-7-6-15-2/h13-14H,3-11H2,1-2H3. The van der Waals surface area contributed by atoms with Crippen LogP contribution in [-0.2, 0) is 14.2 Å². The van der Waals surface area contributed by atoms with E-state index in [0.29, 0.717) is 39.5 Å². The van der Waals surface area contributed by atoms with Crippen LogP contribution in [0.3, 0.4) is 0 Å². The van der Waals surface area contributed by atoms with E-state index >= 15 is 0 Å². The van der Waals surface area contributed by atoms with E-state index in [9.17, 15) is 10.2 Å². The molecule has 0 saturated carbocycles. The van der Waals surface area contributed by atoms with Gasteiger partial charge in [-0.05, 0) is 12.8 Å². The molecule has 0 amide bonds. The summed E-state index contributed by atoms with van der Waals surface area (Å²) in [5.74, 6) is 0. The Morgan fingerprint density at radius 1 is 0.882 bits per heavy atom. The number of aliphatic hydroxyl groups excluding tert-OH is 2. The molecule has 0 bridgehead atoms. The quantitative estimate of drug-likeness (QED) is 0.492. The maximum atomic E-state index is 9.22. The molecule has 5 nitrogen and oxygen atoms in total. The Labute approximate surface area is 104 Å². The van der Waals surface area contributed by atoms with Crippen LogP contribution >= 0.6 is 0 Å². The third-order valence-electron chi connectivity index (χ3n) is 3.00. The molecule has 0 aromatic rings. The SMILES string of the molecule is CCC(CO)(CO)CCOCCOCCOC. The lowest BCUT2D eigenvalue weighted by atomic mass is 9.84. The first-order valence-electron chi connectivity index (χ1n) is 6.11. The third-order valence-corrected chi connectivity index (χ3v) is 3.00. The number of methoxy groups -OCH3 is 1. The Hall–Kier alpha value is -0.200. The van der Waals surface area contributed by atoms with Crippen molar-refractivity contribution in [3.05, 3.63) is 0 Å². The van der Waals surface area contributed by atoms with Gasteiger partial charge in [-0.2, -0.15) is 0 Å². The van der Waals surface area contributed by atoms with Crippen LogP contribution in [0.4, 0.5) is 0 Å². The second-order valence-electron chi connectivity index (χ2n) is 4.14. The summed E-state index contributed by atoms with van der Waals surface area (Å²) in [7, 11) is 1.63. The molecule has 104 valence electrons. The molecule has 0 unspecified atom stereocenters. The first-order valence-corrected chi connectivity index (χ1v) is 6.11. The number of aliphatic hydroxyl groups is 2. The van der Waals surface area contributed by atoms with Crippen molar-refractivity contribution in [1.82, 2.24) is 0 Å². The minimum Gasteiger partial charge on any atom is -0.396 e. The molecule has 5 heteroatoms. The highest BCUT2D eigenvalue weighted by Crippen LogP contribution is 2.24. The normalized spacial score (nSPS) is 12.0. The first kappa shape index (κ1) is 16.8. The fraction of sp³-hybridized carbons (Fsp3) is 1.00. The largest absolute Gasteiger partial charge is 0.396 e. The fourth-order valence-electron chi connectivity index (χ4n) is 1.36. The second kappa shape index (κ2) is 10.9. The van der Waals surface area contributed by atoms with Gasteiger partial charge in [-0.15, -0.1) is 0 Å². The van der Waals surface area contributed by atoms with Crippen LogP contribution in [0.2, 0.25) is 0 Å². The van der Waals surface area contributed by atoms with Gasteiger partial charge in [0.15, 0.2) is 0 Å². The summed E-state index contributed by atoms with van der Waals surface area (Å²) >= 11 is 0. The molecule has 0 aromatic heterocycles. The zero-order valence-electron chi connectivity index (χ0n) is 11.0. The van der Waals surface area contributed by atoms with Crippen molar-refractivity contribution in [2.24, 2.45) is 5.41 Å². The van der Waals surface area contributed by atoms with Crippen LogP contribution in [0.25, 0.3) is 0 Å². The Kier molecular flexibility index (Phi) is 10.8. The van der Waals surface area contributed by atoms with Gasteiger partial charge >= 0.3 is 0 Å². The number of hydrogen-bond donors (Lipinski definition) is 2. The van der Waals surface area contributed by atoms with E-state index in [2.05, 4.69) is 0 Å². The molecule has 0 aliphatic heterocycles. The summed E-state index contributed by atoms with van der Waals surface area (Å²) < 4.78 is 15.5. The van der Waals surface area contributed by atoms with E-state index < -0.39 is 5.41 Å². The zero-order chi connectivity index (χ0) is 13.0. The summed E-state index contributed by atoms with van der Waals surface area (Å²) in [6.45, 7) is 4.71. The minimum atomic E-state index is -0.406. The van der Waals surface area contributed by atoms with Gasteiger partial charge in [0, 0.05) is 19.1 Å². The summed E-state index contributed by atoms with van der Waals surface area (Å²) in [6.07, 6.45) is 1.41. The van der Waals surface area contributed by atoms with Crippen LogP contribution in [0.5, 0.6) is 0 Å². The zero-order valence-corrected chi connectivity index (χ0v) is 11.0. The van der Waals surface area contributed by atoms with Gasteiger partial charge in [-0.1, -0.05) is 6.92 Å². The maximum absolute atomic E-state index is 9.22. The molecule has 0 spiro atoms. The number of hydrogen-bond acceptors (Lipinski definition) is 5. The van der Waals surface area contributed by atoms with E-state index in [1.807, 2.05) is 6.92 Å². The van der Waals surface area contributed by atoms with Gasteiger partial charge in [-0.3, -0.25) is 0 Å². The van der Waals surface area contributed by atoms with Gasteiger partial charge in [0.25, 0.3) is 0 Å². The topological polar surface area (TPSA) is 68.2 Å². The number of ether oxygens (including phenoxy) is 3. The molecule has 0 atom stereocenters. The Morgan fingerprint density at radius 2 is 1.41 bits per heavy atom. The second-order valence-corrected chi connectivity index (χ2v) is 4.14. The third kappa shape index (κ3) is 7.68. The van der Waals surface area contributed by atoms with Crippen LogP contribution in [-0.4, -0.2) is 63.6 Å². The lowest BCUT2D eigenvalue weighted by Gasteiger charge is -2.27. The van der Waals surface area contributed by atoms with Crippen molar-refractivity contribution in [1.29, 1.82) is 0 Å². The van der Waals surface area contributed by atoms with Crippen LogP contribution in [0.15, 0.2) is 0 Å². The molecular weight excluding hydrogens is 224 g/mol. The Balaban J connectivity index is 3.43. The van der Waals surface area contributed by atoms with Crippen molar-refractivity contribution in [3.8, 4) is 0 Å². The predicted octanol–water partition coefficient (Wildman–Crippen LogP) is 0.437. The lowest BCUT2D eigenvalue weighted by molar-refractivity contribution is -0.00691. The van der Waals surface area contributed by atoms with E-state index in [0.717, 1.165) is 6.42 Å². The molecule has 0 aliphatic carbocycles. The van der Waals surface area contributed by atoms with Crippen LogP contribution in [0, 0.1) is 5.41 Å². The summed E-state index contributed by atoms with van der Waals surface area (Å²) in [5.41, 5.74) is -0.406. The molecule has 0 saturated heterocycles. The average molecular weight is 250 g/mol. The molecule has 0 aliphatic rings. The summed E-state index contributed by atoms with van der Waals surface area (Å²) in [4.78, 5) is 0. The van der Waals surface area contributed by atoms with E-state index in [4.69, 9.17) is 14.2 Å². The molecular formula is C12H26O5. The summed E-state index contributed by atoms with van der Waals surface area (Å²) in [5, 5.41) is 18.4. The average Bonchev–Trinajstić information content (AvgIpc) is 2.38. The number of rotatable bonds is 12. The van der Waals surface area contributed by atoms with Crippen molar-refractivity contribution < 1.29 is 24.4 Å². The highest BCUT2D eigenvalue weighted by molar-refractivity contribution is 4.75.